The summed E-state index contributed by atoms with van der Waals surface area (Å²) in [7, 11) is 3.15. The highest BCUT2D eigenvalue weighted by molar-refractivity contribution is 6.24. The Morgan fingerprint density at radius 3 is 2.39 bits per heavy atom. The van der Waals surface area contributed by atoms with Gasteiger partial charge in [0.1, 0.15) is 22.8 Å². The lowest BCUT2D eigenvalue weighted by Gasteiger charge is -2.50. The number of nitrogens with two attached hydrogens (primary N) is 1. The van der Waals surface area contributed by atoms with Crippen LogP contribution >= 0.6 is 0 Å². The number of nitriles is 1. The topological polar surface area (TPSA) is 188 Å². The van der Waals surface area contributed by atoms with Crippen molar-refractivity contribution in [3.8, 4) is 11.8 Å². The molecular formula is C30H36N4O7. The number of ketones is 2. The number of aliphatic hydroxyl groups excluding tert-OH is 2. The van der Waals surface area contributed by atoms with Crippen molar-refractivity contribution in [2.45, 2.75) is 57.7 Å². The molecule has 0 saturated carbocycles. The predicted molar refractivity (Wildman–Crippen MR) is 147 cm³/mol. The molecule has 11 nitrogen and oxygen atoms in total. The monoisotopic (exact) mass is 564 g/mol. The molecule has 0 unspecified atom stereocenters. The summed E-state index contributed by atoms with van der Waals surface area (Å²) in [6, 6.07) is 2.57. The Bertz CT molecular complexity index is 1470. The van der Waals surface area contributed by atoms with Crippen molar-refractivity contribution in [2.75, 3.05) is 27.2 Å². The third-order valence-corrected chi connectivity index (χ3v) is 9.52. The number of hydrogen-bond donors (Lipinski definition) is 5. The Morgan fingerprint density at radius 1 is 1.20 bits per heavy atom. The minimum atomic E-state index is -2.69. The number of phenols is 1. The maximum atomic E-state index is 13.9. The molecule has 1 aromatic rings. The van der Waals surface area contributed by atoms with E-state index in [4.69, 9.17) is 5.73 Å². The van der Waals surface area contributed by atoms with E-state index in [1.54, 1.807) is 14.1 Å². The number of nitrogens with zero attached hydrogens (tertiary/aromatic N) is 3. The average Bonchev–Trinajstić information content (AvgIpc) is 2.87. The average molecular weight is 565 g/mol. The molecule has 1 fully saturated rings. The molecule has 5 rings (SSSR count). The van der Waals surface area contributed by atoms with Crippen LogP contribution in [0.3, 0.4) is 0 Å². The van der Waals surface area contributed by atoms with Crippen LogP contribution in [0.5, 0.6) is 5.75 Å². The first kappa shape index (κ1) is 28.8. The number of fused-ring (bicyclic) bond motifs is 3. The minimum Gasteiger partial charge on any atom is -0.510 e. The molecule has 6 N–H and O–H groups in total. The Morgan fingerprint density at radius 2 is 1.83 bits per heavy atom. The molecule has 4 atom stereocenters. The van der Waals surface area contributed by atoms with Crippen molar-refractivity contribution in [1.82, 2.24) is 9.80 Å². The van der Waals surface area contributed by atoms with Gasteiger partial charge in [0.25, 0.3) is 5.91 Å². The SMILES string of the molecule is CN(C)[C@@H]1C(O)=C(C(N)=O)C(=O)[C@@]2(O)C(O)=C3C(=O)c4c(O)cc(CN5CCC(C)(C)CC5)c(C#N)c4C[C@H]3C[C@@H]12. The summed E-state index contributed by atoms with van der Waals surface area (Å²) in [5.74, 6) is -7.08. The van der Waals surface area contributed by atoms with E-state index in [0.29, 0.717) is 17.7 Å². The molecule has 1 aliphatic heterocycles. The molecular weight excluding hydrogens is 528 g/mol. The third kappa shape index (κ3) is 4.24. The number of aliphatic hydroxyl groups is 3. The zero-order valence-electron chi connectivity index (χ0n) is 23.7. The number of phenolic OH excluding ortho intramolecular Hbond substituents is 1. The number of carbonyl (C=O) groups excluding carboxylic acids is 3. The summed E-state index contributed by atoms with van der Waals surface area (Å²) in [6.07, 6.45) is 2.05. The van der Waals surface area contributed by atoms with Gasteiger partial charge in [0, 0.05) is 18.0 Å². The van der Waals surface area contributed by atoms with Gasteiger partial charge in [-0.25, -0.2) is 0 Å². The second-order valence-corrected chi connectivity index (χ2v) is 12.8. The Balaban J connectivity index is 1.61. The molecule has 0 aromatic heterocycles. The van der Waals surface area contributed by atoms with Crippen molar-refractivity contribution >= 4 is 17.5 Å². The molecule has 1 amide bonds. The summed E-state index contributed by atoms with van der Waals surface area (Å²) < 4.78 is 0. The van der Waals surface area contributed by atoms with E-state index in [-0.39, 0.29) is 40.7 Å². The van der Waals surface area contributed by atoms with Gasteiger partial charge in [0.15, 0.2) is 11.4 Å². The molecule has 218 valence electrons. The number of rotatable bonds is 4. The molecule has 3 aliphatic carbocycles. The second-order valence-electron chi connectivity index (χ2n) is 12.8. The fraction of sp³-hybridized carbons (Fsp3) is 0.533. The summed E-state index contributed by atoms with van der Waals surface area (Å²) >= 11 is 0. The summed E-state index contributed by atoms with van der Waals surface area (Å²) in [6.45, 7) is 6.54. The van der Waals surface area contributed by atoms with Gasteiger partial charge in [-0.3, -0.25) is 24.2 Å². The number of likely N-dealkylation sites (tertiary alicyclic amines) is 1. The van der Waals surface area contributed by atoms with Gasteiger partial charge in [-0.05, 0) is 81.4 Å². The zero-order chi connectivity index (χ0) is 30.2. The highest BCUT2D eigenvalue weighted by atomic mass is 16.3. The van der Waals surface area contributed by atoms with Crippen LogP contribution in [0.1, 0.15) is 60.2 Å². The van der Waals surface area contributed by atoms with E-state index in [9.17, 15) is 40.1 Å². The largest absolute Gasteiger partial charge is 0.510 e. The quantitative estimate of drug-likeness (QED) is 0.336. The van der Waals surface area contributed by atoms with Crippen molar-refractivity contribution in [2.24, 2.45) is 23.0 Å². The molecule has 41 heavy (non-hydrogen) atoms. The highest BCUT2D eigenvalue weighted by Crippen LogP contribution is 2.52. The number of hydrogen-bond acceptors (Lipinski definition) is 10. The molecule has 1 heterocycles. The van der Waals surface area contributed by atoms with Gasteiger partial charge in [-0.2, -0.15) is 5.26 Å². The van der Waals surface area contributed by atoms with Crippen molar-refractivity contribution < 1.29 is 34.8 Å². The van der Waals surface area contributed by atoms with Crippen LogP contribution in [-0.4, -0.2) is 86.5 Å². The molecule has 0 bridgehead atoms. The van der Waals surface area contributed by atoms with E-state index >= 15 is 0 Å². The summed E-state index contributed by atoms with van der Waals surface area (Å²) in [5, 5.41) is 55.2. The fourth-order valence-corrected chi connectivity index (χ4v) is 7.21. The minimum absolute atomic E-state index is 0.0250. The molecule has 4 aliphatic rings. The van der Waals surface area contributed by atoms with E-state index in [2.05, 4.69) is 24.8 Å². The third-order valence-electron chi connectivity index (χ3n) is 9.52. The van der Waals surface area contributed by atoms with Crippen LogP contribution in [-0.2, 0) is 22.6 Å². The molecule has 1 aromatic carbocycles. The fourth-order valence-electron chi connectivity index (χ4n) is 7.21. The van der Waals surface area contributed by atoms with Crippen LogP contribution in [0.2, 0.25) is 0 Å². The first-order valence-corrected chi connectivity index (χ1v) is 13.8. The van der Waals surface area contributed by atoms with E-state index < -0.39 is 58.0 Å². The van der Waals surface area contributed by atoms with Gasteiger partial charge in [-0.15, -0.1) is 0 Å². The zero-order valence-corrected chi connectivity index (χ0v) is 23.7. The second kappa shape index (κ2) is 9.69. The van der Waals surface area contributed by atoms with Gasteiger partial charge >= 0.3 is 0 Å². The van der Waals surface area contributed by atoms with Crippen molar-refractivity contribution in [3.63, 3.8) is 0 Å². The van der Waals surface area contributed by atoms with E-state index in [1.807, 2.05) is 0 Å². The predicted octanol–water partition coefficient (Wildman–Crippen LogP) is 1.61. The lowest BCUT2D eigenvalue weighted by Crippen LogP contribution is -2.63. The van der Waals surface area contributed by atoms with Crippen LogP contribution < -0.4 is 5.73 Å². The van der Waals surface area contributed by atoms with Gasteiger partial charge < -0.3 is 26.2 Å². The number of piperidine rings is 1. The number of Topliss-reactive ketones (excluding diaryl/α,β-unsaturated/α-hetero) is 2. The number of allylic oxidation sites excluding steroid dienone is 1. The van der Waals surface area contributed by atoms with Gasteiger partial charge in [-0.1, -0.05) is 13.8 Å². The Hall–Kier alpha value is -3.72. The number of aromatic hydroxyl groups is 1. The number of likely N-dealkylation sites (N-methyl/N-ethyl adjacent to an activating group) is 1. The number of primary amides is 1. The lowest BCUT2D eigenvalue weighted by molar-refractivity contribution is -0.148. The van der Waals surface area contributed by atoms with Gasteiger partial charge in [0.2, 0.25) is 5.78 Å². The van der Waals surface area contributed by atoms with Crippen LogP contribution in [0, 0.1) is 28.6 Å². The number of amides is 1. The molecule has 11 heteroatoms. The Kier molecular flexibility index (Phi) is 6.80. The first-order valence-electron chi connectivity index (χ1n) is 13.8. The standard InChI is InChI=1S/C30H36N4O7/c1-29(2)5-7-34(8-6-29)13-15-11-19(35)21-16(17(15)12-31)9-14-10-18-23(33(3)4)25(37)22(28(32)40)27(39)30(18,41)26(38)20(14)24(21)36/h11,14,18,23,35,37-38,41H,5-10,13H2,1-4H3,(H2,32,40)/t14-,18-,23-,30-/m0/s1. The number of benzene rings is 1. The van der Waals surface area contributed by atoms with E-state index in [0.717, 1.165) is 25.9 Å². The maximum Gasteiger partial charge on any atom is 0.255 e. The molecule has 0 spiro atoms. The number of carbonyl (C=O) groups is 3. The van der Waals surface area contributed by atoms with Crippen LogP contribution in [0.25, 0.3) is 0 Å². The smallest absolute Gasteiger partial charge is 0.255 e. The Labute approximate surface area is 238 Å². The lowest BCUT2D eigenvalue weighted by atomic mass is 9.58. The van der Waals surface area contributed by atoms with Crippen molar-refractivity contribution in [1.29, 1.82) is 5.26 Å². The van der Waals surface area contributed by atoms with Gasteiger partial charge in [0.05, 0.1) is 23.2 Å². The van der Waals surface area contributed by atoms with Crippen LogP contribution in [0.15, 0.2) is 28.7 Å². The molecule has 0 radical (unpaired) electrons. The highest BCUT2D eigenvalue weighted by Gasteiger charge is 2.63. The molecule has 1 saturated heterocycles. The summed E-state index contributed by atoms with van der Waals surface area (Å²) in [4.78, 5) is 43.1. The van der Waals surface area contributed by atoms with Crippen molar-refractivity contribution in [3.05, 3.63) is 51.0 Å². The van der Waals surface area contributed by atoms with Crippen LogP contribution in [0.4, 0.5) is 0 Å². The maximum absolute atomic E-state index is 13.9. The van der Waals surface area contributed by atoms with E-state index in [1.165, 1.54) is 11.0 Å². The summed E-state index contributed by atoms with van der Waals surface area (Å²) in [5.41, 5.74) is 2.92. The first-order chi connectivity index (χ1) is 19.1. The normalized spacial score (nSPS) is 29.6.